The Hall–Kier alpha value is -1.17. The summed E-state index contributed by atoms with van der Waals surface area (Å²) in [6.45, 7) is 4.17. The minimum Gasteiger partial charge on any atom is -0.393 e. The standard InChI is InChI=1S/C10H19N3O2S/c1-4-7(9(11)16)10(15)13(5-2)6-8(14)12-3/h7H,4-6H2,1-3H3,(H2,11,16)(H,12,14). The number of thiocarbonyl (C=S) groups is 1. The third kappa shape index (κ3) is 4.14. The molecule has 16 heavy (non-hydrogen) atoms. The van der Waals surface area contributed by atoms with Crippen molar-refractivity contribution in [3.8, 4) is 0 Å². The van der Waals surface area contributed by atoms with E-state index < -0.39 is 5.92 Å². The first-order chi connectivity index (χ1) is 7.47. The summed E-state index contributed by atoms with van der Waals surface area (Å²) in [4.78, 5) is 24.8. The van der Waals surface area contributed by atoms with Gasteiger partial charge in [-0.3, -0.25) is 9.59 Å². The Morgan fingerprint density at radius 3 is 2.31 bits per heavy atom. The van der Waals surface area contributed by atoms with E-state index in [4.69, 9.17) is 18.0 Å². The molecule has 0 aromatic heterocycles. The van der Waals surface area contributed by atoms with Gasteiger partial charge < -0.3 is 16.0 Å². The Balaban J connectivity index is 4.62. The lowest BCUT2D eigenvalue weighted by Crippen LogP contribution is -2.45. The third-order valence-electron chi connectivity index (χ3n) is 2.36. The van der Waals surface area contributed by atoms with E-state index in [9.17, 15) is 9.59 Å². The van der Waals surface area contributed by atoms with Crippen molar-refractivity contribution in [1.29, 1.82) is 0 Å². The Morgan fingerprint density at radius 1 is 1.44 bits per heavy atom. The first kappa shape index (κ1) is 14.8. The van der Waals surface area contributed by atoms with Gasteiger partial charge in [0.15, 0.2) is 0 Å². The van der Waals surface area contributed by atoms with Crippen LogP contribution in [0.2, 0.25) is 0 Å². The maximum atomic E-state index is 12.0. The van der Waals surface area contributed by atoms with E-state index in [1.165, 1.54) is 11.9 Å². The molecule has 0 aromatic rings. The number of nitrogens with two attached hydrogens (primary N) is 1. The van der Waals surface area contributed by atoms with Gasteiger partial charge in [0.1, 0.15) is 0 Å². The molecule has 0 aliphatic rings. The van der Waals surface area contributed by atoms with Crippen molar-refractivity contribution < 1.29 is 9.59 Å². The lowest BCUT2D eigenvalue weighted by atomic mass is 10.1. The van der Waals surface area contributed by atoms with Crippen molar-refractivity contribution >= 4 is 29.0 Å². The summed E-state index contributed by atoms with van der Waals surface area (Å²) < 4.78 is 0. The van der Waals surface area contributed by atoms with Crippen molar-refractivity contribution in [3.05, 3.63) is 0 Å². The molecule has 0 aliphatic heterocycles. The molecule has 6 heteroatoms. The maximum absolute atomic E-state index is 12.0. The summed E-state index contributed by atoms with van der Waals surface area (Å²) in [7, 11) is 1.53. The quantitative estimate of drug-likeness (QED) is 0.640. The first-order valence-electron chi connectivity index (χ1n) is 5.26. The number of amides is 2. The van der Waals surface area contributed by atoms with Gasteiger partial charge >= 0.3 is 0 Å². The van der Waals surface area contributed by atoms with Crippen LogP contribution >= 0.6 is 12.2 Å². The average Bonchev–Trinajstić information content (AvgIpc) is 2.25. The predicted octanol–water partition coefficient (Wildman–Crippen LogP) is -0.107. The zero-order valence-electron chi connectivity index (χ0n) is 9.95. The van der Waals surface area contributed by atoms with E-state index in [-0.39, 0.29) is 23.3 Å². The van der Waals surface area contributed by atoms with Crippen molar-refractivity contribution in [1.82, 2.24) is 10.2 Å². The van der Waals surface area contributed by atoms with Gasteiger partial charge in [0.25, 0.3) is 0 Å². The molecule has 3 N–H and O–H groups in total. The van der Waals surface area contributed by atoms with Crippen molar-refractivity contribution in [2.75, 3.05) is 20.1 Å². The number of nitrogens with zero attached hydrogens (tertiary/aromatic N) is 1. The molecular weight excluding hydrogens is 226 g/mol. The van der Waals surface area contributed by atoms with Gasteiger partial charge in [-0.15, -0.1) is 0 Å². The summed E-state index contributed by atoms with van der Waals surface area (Å²) in [6, 6.07) is 0. The van der Waals surface area contributed by atoms with Crippen LogP contribution in [-0.4, -0.2) is 41.8 Å². The molecule has 1 unspecified atom stereocenters. The van der Waals surface area contributed by atoms with Crippen molar-refractivity contribution in [2.24, 2.45) is 11.7 Å². The summed E-state index contributed by atoms with van der Waals surface area (Å²) in [5.41, 5.74) is 5.49. The first-order valence-corrected chi connectivity index (χ1v) is 5.67. The second-order valence-electron chi connectivity index (χ2n) is 3.39. The molecular formula is C10H19N3O2S. The van der Waals surface area contributed by atoms with Gasteiger partial charge in [-0.25, -0.2) is 0 Å². The molecule has 1 atom stereocenters. The number of carbonyl (C=O) groups is 2. The molecule has 0 heterocycles. The summed E-state index contributed by atoms with van der Waals surface area (Å²) in [5, 5.41) is 2.47. The fraction of sp³-hybridized carbons (Fsp3) is 0.700. The van der Waals surface area contributed by atoms with Crippen molar-refractivity contribution in [2.45, 2.75) is 20.3 Å². The lowest BCUT2D eigenvalue weighted by Gasteiger charge is -2.24. The zero-order valence-corrected chi connectivity index (χ0v) is 10.8. The molecule has 0 aromatic carbocycles. The number of hydrogen-bond donors (Lipinski definition) is 2. The fourth-order valence-corrected chi connectivity index (χ4v) is 1.58. The highest BCUT2D eigenvalue weighted by Gasteiger charge is 2.25. The normalized spacial score (nSPS) is 11.7. The number of rotatable bonds is 6. The summed E-state index contributed by atoms with van der Waals surface area (Å²) in [6.07, 6.45) is 0.554. The molecule has 0 saturated carbocycles. The van der Waals surface area contributed by atoms with E-state index in [0.29, 0.717) is 13.0 Å². The lowest BCUT2D eigenvalue weighted by molar-refractivity contribution is -0.137. The van der Waals surface area contributed by atoms with Crippen LogP contribution < -0.4 is 11.1 Å². The molecule has 0 spiro atoms. The Kier molecular flexibility index (Phi) is 6.64. The average molecular weight is 245 g/mol. The molecule has 0 saturated heterocycles. The van der Waals surface area contributed by atoms with Crippen LogP contribution in [0, 0.1) is 5.92 Å². The second kappa shape index (κ2) is 7.16. The Bertz CT molecular complexity index is 281. The Labute approximate surface area is 101 Å². The molecule has 0 bridgehead atoms. The second-order valence-corrected chi connectivity index (χ2v) is 3.86. The smallest absolute Gasteiger partial charge is 0.239 e. The van der Waals surface area contributed by atoms with E-state index in [2.05, 4.69) is 5.32 Å². The van der Waals surface area contributed by atoms with E-state index in [1.807, 2.05) is 13.8 Å². The molecule has 2 amide bonds. The minimum absolute atomic E-state index is 0.0466. The predicted molar refractivity (Wildman–Crippen MR) is 66.9 cm³/mol. The number of carbonyl (C=O) groups excluding carboxylic acids is 2. The van der Waals surface area contributed by atoms with Crippen LogP contribution in [0.1, 0.15) is 20.3 Å². The fourth-order valence-electron chi connectivity index (χ4n) is 1.32. The largest absolute Gasteiger partial charge is 0.393 e. The summed E-state index contributed by atoms with van der Waals surface area (Å²) >= 11 is 4.83. The molecule has 0 rings (SSSR count). The van der Waals surface area contributed by atoms with Crippen LogP contribution in [-0.2, 0) is 9.59 Å². The SMILES string of the molecule is CCC(C(=O)N(CC)CC(=O)NC)C(N)=S. The third-order valence-corrected chi connectivity index (χ3v) is 2.64. The molecule has 92 valence electrons. The van der Waals surface area contributed by atoms with Gasteiger partial charge in [0, 0.05) is 13.6 Å². The van der Waals surface area contributed by atoms with E-state index >= 15 is 0 Å². The molecule has 5 nitrogen and oxygen atoms in total. The minimum atomic E-state index is -0.473. The topological polar surface area (TPSA) is 75.4 Å². The van der Waals surface area contributed by atoms with Crippen molar-refractivity contribution in [3.63, 3.8) is 0 Å². The van der Waals surface area contributed by atoms with E-state index in [1.54, 1.807) is 0 Å². The highest BCUT2D eigenvalue weighted by atomic mass is 32.1. The van der Waals surface area contributed by atoms with Crippen LogP contribution in [0.4, 0.5) is 0 Å². The van der Waals surface area contributed by atoms with Crippen LogP contribution in [0.15, 0.2) is 0 Å². The van der Waals surface area contributed by atoms with E-state index in [0.717, 1.165) is 0 Å². The van der Waals surface area contributed by atoms with Gasteiger partial charge in [-0.05, 0) is 13.3 Å². The summed E-state index contributed by atoms with van der Waals surface area (Å²) in [5.74, 6) is -0.853. The van der Waals surface area contributed by atoms with Gasteiger partial charge in [0.05, 0.1) is 17.5 Å². The van der Waals surface area contributed by atoms with Crippen LogP contribution in [0.25, 0.3) is 0 Å². The molecule has 0 radical (unpaired) electrons. The number of likely N-dealkylation sites (N-methyl/N-ethyl adjacent to an activating group) is 2. The monoisotopic (exact) mass is 245 g/mol. The number of nitrogens with one attached hydrogen (secondary N) is 1. The Morgan fingerprint density at radius 2 is 2.00 bits per heavy atom. The number of hydrogen-bond acceptors (Lipinski definition) is 3. The maximum Gasteiger partial charge on any atom is 0.239 e. The molecule has 0 fully saturated rings. The highest BCUT2D eigenvalue weighted by Crippen LogP contribution is 2.08. The zero-order chi connectivity index (χ0) is 12.7. The highest BCUT2D eigenvalue weighted by molar-refractivity contribution is 7.80. The van der Waals surface area contributed by atoms with Gasteiger partial charge in [-0.1, -0.05) is 19.1 Å². The van der Waals surface area contributed by atoms with Gasteiger partial charge in [0.2, 0.25) is 11.8 Å². The molecule has 0 aliphatic carbocycles. The van der Waals surface area contributed by atoms with Gasteiger partial charge in [-0.2, -0.15) is 0 Å². The van der Waals surface area contributed by atoms with Crippen LogP contribution in [0.3, 0.4) is 0 Å². The van der Waals surface area contributed by atoms with Crippen LogP contribution in [0.5, 0.6) is 0 Å².